The van der Waals surface area contributed by atoms with Crippen molar-refractivity contribution in [2.24, 2.45) is 34.5 Å². The van der Waals surface area contributed by atoms with Crippen LogP contribution in [0.5, 0.6) is 0 Å². The van der Waals surface area contributed by atoms with Crippen LogP contribution < -0.4 is 0 Å². The number of carboxylic acids is 1. The van der Waals surface area contributed by atoms with Gasteiger partial charge in [-0.1, -0.05) is 18.2 Å². The summed E-state index contributed by atoms with van der Waals surface area (Å²) in [5.74, 6) is -2.12. The van der Waals surface area contributed by atoms with Gasteiger partial charge in [0.25, 0.3) is 0 Å². The number of hydrogen-bond acceptors (Lipinski definition) is 4. The Balaban J connectivity index is 1.78. The van der Waals surface area contributed by atoms with E-state index in [1.807, 2.05) is 6.08 Å². The van der Waals surface area contributed by atoms with Crippen molar-refractivity contribution < 1.29 is 24.5 Å². The highest BCUT2D eigenvalue weighted by Gasteiger charge is 2.82. The Bertz CT molecular complexity index is 725. The normalized spacial score (nSPS) is 56.8. The average molecular weight is 330 g/mol. The zero-order valence-corrected chi connectivity index (χ0v) is 13.7. The number of allylic oxidation sites excluding steroid dienone is 1. The number of fused-ring (bicyclic) bond motifs is 1. The lowest BCUT2D eigenvalue weighted by Crippen LogP contribution is -2.50. The van der Waals surface area contributed by atoms with Crippen LogP contribution >= 0.6 is 0 Å². The van der Waals surface area contributed by atoms with Crippen LogP contribution in [0.1, 0.15) is 32.6 Å². The highest BCUT2D eigenvalue weighted by molar-refractivity contribution is 5.86. The lowest BCUT2D eigenvalue weighted by atomic mass is 9.61. The molecule has 0 amide bonds. The topological polar surface area (TPSA) is 83.8 Å². The van der Waals surface area contributed by atoms with Crippen molar-refractivity contribution in [1.29, 1.82) is 0 Å². The third kappa shape index (κ3) is 1.25. The summed E-state index contributed by atoms with van der Waals surface area (Å²) in [6.45, 7) is 5.88. The molecule has 7 unspecified atom stereocenters. The van der Waals surface area contributed by atoms with Crippen LogP contribution in [-0.4, -0.2) is 33.9 Å². The standard InChI is InChI=1S/C19H22O5/c1-9-7-18-8-10(9)3-4-11(18)19-6-5-12(20)17(2,16(23)24-19)14(19)13(18)15(21)22/h5-6,10-14,20H,1,3-4,7-8H2,2H3,(H,21,22)/t10?,11?,12?,13?,14?,17-,18?,19?/m1/s1. The van der Waals surface area contributed by atoms with Crippen molar-refractivity contribution in [3.8, 4) is 0 Å². The van der Waals surface area contributed by atoms with Gasteiger partial charge in [-0.15, -0.1) is 0 Å². The van der Waals surface area contributed by atoms with Gasteiger partial charge in [-0.25, -0.2) is 0 Å². The smallest absolute Gasteiger partial charge is 0.316 e. The Morgan fingerprint density at radius 2 is 2.17 bits per heavy atom. The second kappa shape index (κ2) is 3.96. The average Bonchev–Trinajstić information content (AvgIpc) is 2.98. The third-order valence-electron chi connectivity index (χ3n) is 8.02. The molecule has 0 aromatic carbocycles. The molecule has 5 rings (SSSR count). The predicted molar refractivity (Wildman–Crippen MR) is 83.7 cm³/mol. The van der Waals surface area contributed by atoms with Gasteiger partial charge in [0.05, 0.1) is 12.0 Å². The molecule has 5 heteroatoms. The highest BCUT2D eigenvalue weighted by Crippen LogP contribution is 2.76. The van der Waals surface area contributed by atoms with E-state index in [1.54, 1.807) is 13.0 Å². The third-order valence-corrected chi connectivity index (χ3v) is 8.02. The highest BCUT2D eigenvalue weighted by atomic mass is 16.6. The van der Waals surface area contributed by atoms with E-state index in [9.17, 15) is 19.8 Å². The van der Waals surface area contributed by atoms with E-state index in [4.69, 9.17) is 4.74 Å². The number of hydrogen-bond donors (Lipinski definition) is 2. The molecule has 4 bridgehead atoms. The van der Waals surface area contributed by atoms with E-state index in [2.05, 4.69) is 6.58 Å². The van der Waals surface area contributed by atoms with Gasteiger partial charge in [0.2, 0.25) is 0 Å². The largest absolute Gasteiger partial charge is 0.481 e. The van der Waals surface area contributed by atoms with Crippen LogP contribution in [-0.2, 0) is 14.3 Å². The van der Waals surface area contributed by atoms with Crippen molar-refractivity contribution in [2.75, 3.05) is 0 Å². The molecule has 0 radical (unpaired) electrons. The molecule has 4 aliphatic carbocycles. The Morgan fingerprint density at radius 1 is 1.42 bits per heavy atom. The van der Waals surface area contributed by atoms with Gasteiger partial charge in [0, 0.05) is 11.8 Å². The Kier molecular flexibility index (Phi) is 2.42. The zero-order valence-electron chi connectivity index (χ0n) is 13.7. The number of esters is 1. The van der Waals surface area contributed by atoms with Crippen LogP contribution in [0, 0.1) is 34.5 Å². The number of carboxylic acid groups (broad SMARTS) is 1. The number of aliphatic hydroxyl groups is 1. The molecule has 4 fully saturated rings. The van der Waals surface area contributed by atoms with Gasteiger partial charge in [-0.2, -0.15) is 0 Å². The maximum atomic E-state index is 12.7. The fraction of sp³-hybridized carbons (Fsp3) is 0.684. The number of rotatable bonds is 1. The summed E-state index contributed by atoms with van der Waals surface area (Å²) in [5, 5.41) is 20.7. The van der Waals surface area contributed by atoms with Crippen LogP contribution in [0.4, 0.5) is 0 Å². The number of ether oxygens (including phenoxy) is 1. The van der Waals surface area contributed by atoms with Gasteiger partial charge in [0.1, 0.15) is 11.0 Å². The molecule has 0 aromatic heterocycles. The zero-order chi connectivity index (χ0) is 17.1. The van der Waals surface area contributed by atoms with Crippen LogP contribution in [0.25, 0.3) is 0 Å². The van der Waals surface area contributed by atoms with Crippen LogP contribution in [0.15, 0.2) is 24.3 Å². The summed E-state index contributed by atoms with van der Waals surface area (Å²) >= 11 is 0. The van der Waals surface area contributed by atoms with Gasteiger partial charge in [0.15, 0.2) is 0 Å². The maximum Gasteiger partial charge on any atom is 0.316 e. The molecule has 3 saturated carbocycles. The maximum absolute atomic E-state index is 12.7. The molecule has 5 aliphatic rings. The van der Waals surface area contributed by atoms with Crippen LogP contribution in [0.2, 0.25) is 0 Å². The minimum Gasteiger partial charge on any atom is -0.481 e. The first-order valence-corrected chi connectivity index (χ1v) is 8.79. The minimum absolute atomic E-state index is 0.00104. The molecule has 1 saturated heterocycles. The lowest BCUT2D eigenvalue weighted by Gasteiger charge is -2.42. The SMILES string of the molecule is C=C1CC23CC1CCC2C12C=CC(O)[C@@](C)(C(=O)O1)C2C3C(=O)O. The molecule has 1 heterocycles. The van der Waals surface area contributed by atoms with E-state index in [0.717, 1.165) is 24.8 Å². The second-order valence-electron chi connectivity index (χ2n) is 8.72. The number of aliphatic carboxylic acids is 1. The number of carbonyl (C=O) groups excluding carboxylic acids is 1. The second-order valence-corrected chi connectivity index (χ2v) is 8.72. The molecule has 24 heavy (non-hydrogen) atoms. The molecular weight excluding hydrogens is 308 g/mol. The summed E-state index contributed by atoms with van der Waals surface area (Å²) in [6, 6.07) is 0. The van der Waals surface area contributed by atoms with E-state index in [1.165, 1.54) is 0 Å². The van der Waals surface area contributed by atoms with E-state index >= 15 is 0 Å². The molecule has 1 spiro atoms. The summed E-state index contributed by atoms with van der Waals surface area (Å²) in [5.41, 5.74) is -1.30. The van der Waals surface area contributed by atoms with Crippen molar-refractivity contribution in [2.45, 2.75) is 44.3 Å². The summed E-state index contributed by atoms with van der Waals surface area (Å²) in [6.07, 6.45) is 5.83. The first kappa shape index (κ1) is 14.7. The molecular formula is C19H22O5. The fourth-order valence-electron chi connectivity index (χ4n) is 7.14. The first-order chi connectivity index (χ1) is 11.3. The van der Waals surface area contributed by atoms with Gasteiger partial charge >= 0.3 is 11.9 Å². The Morgan fingerprint density at radius 3 is 2.88 bits per heavy atom. The number of aliphatic hydroxyl groups excluding tert-OH is 1. The molecule has 1 aliphatic heterocycles. The van der Waals surface area contributed by atoms with Crippen molar-refractivity contribution in [3.63, 3.8) is 0 Å². The van der Waals surface area contributed by atoms with Gasteiger partial charge in [-0.3, -0.25) is 9.59 Å². The Labute approximate surface area is 140 Å². The molecule has 2 N–H and O–H groups in total. The van der Waals surface area contributed by atoms with E-state index < -0.39 is 46.3 Å². The van der Waals surface area contributed by atoms with Crippen LogP contribution in [0.3, 0.4) is 0 Å². The van der Waals surface area contributed by atoms with E-state index in [0.29, 0.717) is 12.3 Å². The first-order valence-electron chi connectivity index (χ1n) is 8.79. The minimum atomic E-state index is -1.18. The van der Waals surface area contributed by atoms with Crippen molar-refractivity contribution in [1.82, 2.24) is 0 Å². The molecule has 128 valence electrons. The summed E-state index contributed by atoms with van der Waals surface area (Å²) < 4.78 is 5.92. The molecule has 8 atom stereocenters. The van der Waals surface area contributed by atoms with Gasteiger partial charge in [-0.05, 0) is 50.0 Å². The van der Waals surface area contributed by atoms with Crippen molar-refractivity contribution >= 4 is 11.9 Å². The Hall–Kier alpha value is -1.62. The summed E-state index contributed by atoms with van der Waals surface area (Å²) in [4.78, 5) is 25.0. The predicted octanol–water partition coefficient (Wildman–Crippen LogP) is 1.91. The summed E-state index contributed by atoms with van der Waals surface area (Å²) in [7, 11) is 0. The molecule has 5 nitrogen and oxygen atoms in total. The monoisotopic (exact) mass is 330 g/mol. The van der Waals surface area contributed by atoms with Gasteiger partial charge < -0.3 is 14.9 Å². The van der Waals surface area contributed by atoms with E-state index in [-0.39, 0.29) is 5.92 Å². The fourth-order valence-corrected chi connectivity index (χ4v) is 7.14. The molecule has 0 aromatic rings. The van der Waals surface area contributed by atoms with Crippen molar-refractivity contribution in [3.05, 3.63) is 24.3 Å². The lowest BCUT2D eigenvalue weighted by molar-refractivity contribution is -0.161. The quantitative estimate of drug-likeness (QED) is 0.567. The number of carbonyl (C=O) groups is 2.